The maximum Gasteiger partial charge on any atom is 0.254 e. The molecule has 0 unspecified atom stereocenters. The van der Waals surface area contributed by atoms with Crippen molar-refractivity contribution in [1.82, 2.24) is 9.97 Å². The minimum absolute atomic E-state index is 0.0127. The predicted molar refractivity (Wildman–Crippen MR) is 76.0 cm³/mol. The van der Waals surface area contributed by atoms with Crippen LogP contribution in [-0.4, -0.2) is 9.97 Å². The average molecular weight is 255 g/mol. The van der Waals surface area contributed by atoms with Crippen LogP contribution in [0.25, 0.3) is 11.4 Å². The zero-order valence-electron chi connectivity index (χ0n) is 10.8. The number of aromatic amines is 1. The summed E-state index contributed by atoms with van der Waals surface area (Å²) in [6.45, 7) is 0. The van der Waals surface area contributed by atoms with Crippen LogP contribution in [0, 0.1) is 0 Å². The third kappa shape index (κ3) is 2.38. The normalized spacial score (nSPS) is 14.7. The fraction of sp³-hybridized carbons (Fsp3) is 0.333. The molecule has 1 heterocycles. The van der Waals surface area contributed by atoms with Gasteiger partial charge in [-0.1, -0.05) is 6.42 Å². The molecule has 0 spiro atoms. The van der Waals surface area contributed by atoms with Crippen molar-refractivity contribution < 1.29 is 0 Å². The van der Waals surface area contributed by atoms with Crippen LogP contribution in [-0.2, 0) is 12.8 Å². The Balaban J connectivity index is 2.08. The van der Waals surface area contributed by atoms with Gasteiger partial charge in [0.25, 0.3) is 5.56 Å². The molecule has 0 saturated heterocycles. The van der Waals surface area contributed by atoms with Crippen LogP contribution in [0.2, 0.25) is 0 Å². The predicted octanol–water partition coefficient (Wildman–Crippen LogP) is 2.29. The molecule has 0 aliphatic heterocycles. The number of H-pyrrole nitrogens is 1. The van der Waals surface area contributed by atoms with Crippen molar-refractivity contribution in [1.29, 1.82) is 0 Å². The topological polar surface area (TPSA) is 71.8 Å². The number of nitrogen functional groups attached to an aromatic ring is 1. The Hall–Kier alpha value is -2.10. The van der Waals surface area contributed by atoms with E-state index in [9.17, 15) is 4.79 Å². The first-order valence-electron chi connectivity index (χ1n) is 6.72. The fourth-order valence-electron chi connectivity index (χ4n) is 2.56. The van der Waals surface area contributed by atoms with Crippen molar-refractivity contribution in [2.75, 3.05) is 5.73 Å². The number of rotatable bonds is 1. The van der Waals surface area contributed by atoms with E-state index in [1.165, 1.54) is 6.42 Å². The number of nitrogens with one attached hydrogen (secondary N) is 1. The number of aromatic nitrogens is 2. The molecule has 98 valence electrons. The molecule has 1 aromatic heterocycles. The average Bonchev–Trinajstić information content (AvgIpc) is 2.65. The lowest BCUT2D eigenvalue weighted by molar-refractivity contribution is 0.708. The van der Waals surface area contributed by atoms with Crippen molar-refractivity contribution in [2.24, 2.45) is 0 Å². The molecule has 3 rings (SSSR count). The number of nitrogens with two attached hydrogens (primary N) is 1. The van der Waals surface area contributed by atoms with E-state index in [1.54, 1.807) is 0 Å². The standard InChI is InChI=1S/C15H17N3O/c16-11-8-6-10(7-9-11)14-17-13-5-3-1-2-4-12(13)15(19)18-14/h6-9H,1-5,16H2,(H,17,18,19). The maximum atomic E-state index is 12.2. The Morgan fingerprint density at radius 1 is 1.05 bits per heavy atom. The summed E-state index contributed by atoms with van der Waals surface area (Å²) in [5, 5.41) is 0. The second kappa shape index (κ2) is 4.88. The third-order valence-electron chi connectivity index (χ3n) is 3.63. The van der Waals surface area contributed by atoms with Gasteiger partial charge in [0.15, 0.2) is 0 Å². The van der Waals surface area contributed by atoms with E-state index < -0.39 is 0 Å². The molecule has 1 aromatic carbocycles. The van der Waals surface area contributed by atoms with Crippen LogP contribution >= 0.6 is 0 Å². The monoisotopic (exact) mass is 255 g/mol. The molecule has 4 heteroatoms. The molecule has 0 bridgehead atoms. The minimum Gasteiger partial charge on any atom is -0.399 e. The Morgan fingerprint density at radius 2 is 1.79 bits per heavy atom. The molecule has 0 fully saturated rings. The Labute approximate surface area is 111 Å². The number of anilines is 1. The molecule has 2 aromatic rings. The molecule has 0 radical (unpaired) electrons. The molecule has 3 N–H and O–H groups in total. The lowest BCUT2D eigenvalue weighted by atomic mass is 10.1. The van der Waals surface area contributed by atoms with E-state index in [1.807, 2.05) is 24.3 Å². The number of benzene rings is 1. The molecular formula is C15H17N3O. The van der Waals surface area contributed by atoms with Crippen LogP contribution in [0.1, 0.15) is 30.5 Å². The first-order valence-corrected chi connectivity index (χ1v) is 6.72. The summed E-state index contributed by atoms with van der Waals surface area (Å²) in [6.07, 6.45) is 5.12. The molecule has 0 amide bonds. The Bertz CT molecular complexity index is 643. The van der Waals surface area contributed by atoms with E-state index in [0.717, 1.165) is 42.5 Å². The summed E-state index contributed by atoms with van der Waals surface area (Å²) in [4.78, 5) is 19.7. The van der Waals surface area contributed by atoms with Gasteiger partial charge in [0.2, 0.25) is 0 Å². The number of nitrogens with zero attached hydrogens (tertiary/aromatic N) is 1. The van der Waals surface area contributed by atoms with Gasteiger partial charge in [-0.3, -0.25) is 4.79 Å². The van der Waals surface area contributed by atoms with Gasteiger partial charge in [-0.15, -0.1) is 0 Å². The Kier molecular flexibility index (Phi) is 3.07. The van der Waals surface area contributed by atoms with Gasteiger partial charge in [-0.2, -0.15) is 0 Å². The minimum atomic E-state index is 0.0127. The summed E-state index contributed by atoms with van der Waals surface area (Å²) in [6, 6.07) is 7.41. The van der Waals surface area contributed by atoms with E-state index in [4.69, 9.17) is 5.73 Å². The smallest absolute Gasteiger partial charge is 0.254 e. The highest BCUT2D eigenvalue weighted by molar-refractivity contribution is 5.58. The van der Waals surface area contributed by atoms with Crippen LogP contribution in [0.5, 0.6) is 0 Å². The molecule has 0 saturated carbocycles. The number of aryl methyl sites for hydroxylation is 1. The van der Waals surface area contributed by atoms with E-state index >= 15 is 0 Å². The zero-order valence-corrected chi connectivity index (χ0v) is 10.8. The molecule has 1 aliphatic rings. The highest BCUT2D eigenvalue weighted by Crippen LogP contribution is 2.20. The summed E-state index contributed by atoms with van der Waals surface area (Å²) in [7, 11) is 0. The van der Waals surface area contributed by atoms with Crippen LogP contribution in [0.4, 0.5) is 5.69 Å². The van der Waals surface area contributed by atoms with Crippen molar-refractivity contribution >= 4 is 5.69 Å². The molecule has 0 atom stereocenters. The fourth-order valence-corrected chi connectivity index (χ4v) is 2.56. The first kappa shape index (κ1) is 12.0. The van der Waals surface area contributed by atoms with Crippen molar-refractivity contribution in [3.8, 4) is 11.4 Å². The van der Waals surface area contributed by atoms with Gasteiger partial charge in [0.05, 0.1) is 5.69 Å². The highest BCUT2D eigenvalue weighted by atomic mass is 16.1. The van der Waals surface area contributed by atoms with Crippen molar-refractivity contribution in [3.63, 3.8) is 0 Å². The summed E-state index contributed by atoms with van der Waals surface area (Å²) in [5.74, 6) is 0.644. The summed E-state index contributed by atoms with van der Waals surface area (Å²) in [5.41, 5.74) is 9.13. The first-order chi connectivity index (χ1) is 9.24. The summed E-state index contributed by atoms with van der Waals surface area (Å²) < 4.78 is 0. The van der Waals surface area contributed by atoms with Gasteiger partial charge in [-0.25, -0.2) is 4.98 Å². The van der Waals surface area contributed by atoms with E-state index in [0.29, 0.717) is 11.5 Å². The zero-order chi connectivity index (χ0) is 13.2. The molecule has 1 aliphatic carbocycles. The maximum absolute atomic E-state index is 12.2. The lowest BCUT2D eigenvalue weighted by Crippen LogP contribution is -2.18. The van der Waals surface area contributed by atoms with Crippen molar-refractivity contribution in [3.05, 3.63) is 45.9 Å². The Morgan fingerprint density at radius 3 is 2.58 bits per heavy atom. The van der Waals surface area contributed by atoms with Crippen LogP contribution in [0.15, 0.2) is 29.1 Å². The van der Waals surface area contributed by atoms with Crippen LogP contribution in [0.3, 0.4) is 0 Å². The third-order valence-corrected chi connectivity index (χ3v) is 3.63. The molecular weight excluding hydrogens is 238 g/mol. The van der Waals surface area contributed by atoms with Crippen LogP contribution < -0.4 is 11.3 Å². The molecule has 4 nitrogen and oxygen atoms in total. The SMILES string of the molecule is Nc1ccc(-c2nc3c(c(=O)[nH]2)CCCCC3)cc1. The van der Waals surface area contributed by atoms with Gasteiger partial charge < -0.3 is 10.7 Å². The van der Waals surface area contributed by atoms with E-state index in [-0.39, 0.29) is 5.56 Å². The van der Waals surface area contributed by atoms with Gasteiger partial charge in [0.1, 0.15) is 5.82 Å². The largest absolute Gasteiger partial charge is 0.399 e. The number of hydrogen-bond acceptors (Lipinski definition) is 3. The van der Waals surface area contributed by atoms with Crippen molar-refractivity contribution in [2.45, 2.75) is 32.1 Å². The summed E-state index contributed by atoms with van der Waals surface area (Å²) >= 11 is 0. The highest BCUT2D eigenvalue weighted by Gasteiger charge is 2.14. The van der Waals surface area contributed by atoms with E-state index in [2.05, 4.69) is 9.97 Å². The van der Waals surface area contributed by atoms with Gasteiger partial charge in [-0.05, 0) is 49.9 Å². The molecule has 19 heavy (non-hydrogen) atoms. The van der Waals surface area contributed by atoms with Gasteiger partial charge in [0, 0.05) is 16.8 Å². The second-order valence-corrected chi connectivity index (χ2v) is 5.02. The number of fused-ring (bicyclic) bond motifs is 1. The quantitative estimate of drug-likeness (QED) is 0.606. The lowest BCUT2D eigenvalue weighted by Gasteiger charge is -2.07. The van der Waals surface area contributed by atoms with Gasteiger partial charge >= 0.3 is 0 Å². The second-order valence-electron chi connectivity index (χ2n) is 5.02. The number of hydrogen-bond donors (Lipinski definition) is 2.